The van der Waals surface area contributed by atoms with E-state index in [9.17, 15) is 8.42 Å². The average molecular weight is 303 g/mol. The van der Waals surface area contributed by atoms with Gasteiger partial charge in [0.25, 0.3) is 10.0 Å². The van der Waals surface area contributed by atoms with Crippen LogP contribution in [-0.4, -0.2) is 30.9 Å². The van der Waals surface area contributed by atoms with Crippen LogP contribution in [0.4, 0.5) is 0 Å². The van der Waals surface area contributed by atoms with E-state index in [4.69, 9.17) is 5.11 Å². The SMILES string of the molecule is CCC1(CC)CCN(S(=O)(=O)c2cc(CO)cs2)C1. The molecule has 1 aliphatic rings. The molecule has 108 valence electrons. The molecule has 0 aromatic carbocycles. The highest BCUT2D eigenvalue weighted by Crippen LogP contribution is 2.39. The van der Waals surface area contributed by atoms with Gasteiger partial charge >= 0.3 is 0 Å². The summed E-state index contributed by atoms with van der Waals surface area (Å²) in [5.74, 6) is 0. The number of aliphatic hydroxyl groups excluding tert-OH is 1. The van der Waals surface area contributed by atoms with Gasteiger partial charge in [-0.2, -0.15) is 4.31 Å². The van der Waals surface area contributed by atoms with E-state index in [1.165, 1.54) is 11.3 Å². The molecule has 1 aromatic heterocycles. The normalized spacial score (nSPS) is 19.9. The van der Waals surface area contributed by atoms with Gasteiger partial charge in [-0.05, 0) is 41.7 Å². The molecule has 0 atom stereocenters. The summed E-state index contributed by atoms with van der Waals surface area (Å²) in [5.41, 5.74) is 0.810. The van der Waals surface area contributed by atoms with Crippen LogP contribution in [0.2, 0.25) is 0 Å². The maximum atomic E-state index is 12.5. The molecular formula is C13H21NO3S2. The highest BCUT2D eigenvalue weighted by Gasteiger charge is 2.40. The van der Waals surface area contributed by atoms with Crippen LogP contribution in [0, 0.1) is 5.41 Å². The van der Waals surface area contributed by atoms with Crippen LogP contribution in [0.25, 0.3) is 0 Å². The summed E-state index contributed by atoms with van der Waals surface area (Å²) in [5, 5.41) is 10.7. The highest BCUT2D eigenvalue weighted by molar-refractivity contribution is 7.91. The van der Waals surface area contributed by atoms with E-state index in [2.05, 4.69) is 13.8 Å². The van der Waals surface area contributed by atoms with Crippen LogP contribution < -0.4 is 0 Å². The summed E-state index contributed by atoms with van der Waals surface area (Å²) in [6.07, 6.45) is 2.97. The zero-order chi connectivity index (χ0) is 14.1. The Bertz CT molecular complexity index is 532. The van der Waals surface area contributed by atoms with Crippen molar-refractivity contribution in [2.45, 2.75) is 43.9 Å². The van der Waals surface area contributed by atoms with Gasteiger partial charge in [0.1, 0.15) is 4.21 Å². The molecule has 1 fully saturated rings. The zero-order valence-electron chi connectivity index (χ0n) is 11.4. The minimum absolute atomic E-state index is 0.111. The van der Waals surface area contributed by atoms with Gasteiger partial charge in [0.15, 0.2) is 0 Å². The second-order valence-electron chi connectivity index (χ2n) is 5.23. The van der Waals surface area contributed by atoms with Crippen LogP contribution in [0.15, 0.2) is 15.7 Å². The van der Waals surface area contributed by atoms with Gasteiger partial charge in [0, 0.05) is 13.1 Å². The molecule has 0 aliphatic carbocycles. The molecule has 1 aliphatic heterocycles. The Morgan fingerprint density at radius 3 is 2.58 bits per heavy atom. The molecule has 0 saturated carbocycles. The van der Waals surface area contributed by atoms with Gasteiger partial charge < -0.3 is 5.11 Å². The third-order valence-corrected chi connectivity index (χ3v) is 7.62. The fourth-order valence-corrected chi connectivity index (χ4v) is 5.53. The molecule has 4 nitrogen and oxygen atoms in total. The van der Waals surface area contributed by atoms with Crippen molar-refractivity contribution in [3.8, 4) is 0 Å². The molecule has 0 amide bonds. The topological polar surface area (TPSA) is 57.6 Å². The van der Waals surface area contributed by atoms with E-state index >= 15 is 0 Å². The molecule has 2 heterocycles. The van der Waals surface area contributed by atoms with Crippen molar-refractivity contribution in [2.75, 3.05) is 13.1 Å². The molecule has 1 aromatic rings. The summed E-state index contributed by atoms with van der Waals surface area (Å²) >= 11 is 1.19. The fourth-order valence-electron chi connectivity index (χ4n) is 2.63. The third kappa shape index (κ3) is 2.72. The lowest BCUT2D eigenvalue weighted by molar-refractivity contribution is 0.279. The lowest BCUT2D eigenvalue weighted by Gasteiger charge is -2.26. The first-order valence-corrected chi connectivity index (χ1v) is 8.98. The second-order valence-corrected chi connectivity index (χ2v) is 8.30. The summed E-state index contributed by atoms with van der Waals surface area (Å²) in [6, 6.07) is 1.58. The number of rotatable bonds is 5. The number of sulfonamides is 1. The zero-order valence-corrected chi connectivity index (χ0v) is 13.1. The minimum atomic E-state index is -3.38. The van der Waals surface area contributed by atoms with Crippen molar-refractivity contribution >= 4 is 21.4 Å². The van der Waals surface area contributed by atoms with Crippen molar-refractivity contribution in [2.24, 2.45) is 5.41 Å². The maximum absolute atomic E-state index is 12.5. The molecule has 19 heavy (non-hydrogen) atoms. The minimum Gasteiger partial charge on any atom is -0.392 e. The van der Waals surface area contributed by atoms with Gasteiger partial charge in [0.05, 0.1) is 6.61 Å². The number of thiophene rings is 1. The van der Waals surface area contributed by atoms with E-state index < -0.39 is 10.0 Å². The van der Waals surface area contributed by atoms with Crippen LogP contribution in [0.1, 0.15) is 38.7 Å². The average Bonchev–Trinajstić information content (AvgIpc) is 3.06. The first-order chi connectivity index (χ1) is 8.97. The summed E-state index contributed by atoms with van der Waals surface area (Å²) in [4.78, 5) is 0. The van der Waals surface area contributed by atoms with Gasteiger partial charge in [-0.1, -0.05) is 13.8 Å². The van der Waals surface area contributed by atoms with Gasteiger partial charge in [-0.3, -0.25) is 0 Å². The Balaban J connectivity index is 2.22. The lowest BCUT2D eigenvalue weighted by Crippen LogP contribution is -2.31. The molecular weight excluding hydrogens is 282 g/mol. The van der Waals surface area contributed by atoms with Crippen LogP contribution in [-0.2, 0) is 16.6 Å². The van der Waals surface area contributed by atoms with Crippen molar-refractivity contribution in [1.82, 2.24) is 4.31 Å². The Labute approximate surface area is 119 Å². The van der Waals surface area contributed by atoms with E-state index in [1.54, 1.807) is 15.8 Å². The fraction of sp³-hybridized carbons (Fsp3) is 0.692. The van der Waals surface area contributed by atoms with Gasteiger partial charge in [0.2, 0.25) is 0 Å². The van der Waals surface area contributed by atoms with E-state index in [0.29, 0.717) is 22.9 Å². The van der Waals surface area contributed by atoms with E-state index in [-0.39, 0.29) is 12.0 Å². The Kier molecular flexibility index (Phi) is 4.35. The molecule has 0 spiro atoms. The monoisotopic (exact) mass is 303 g/mol. The first kappa shape index (κ1) is 15.0. The van der Waals surface area contributed by atoms with Gasteiger partial charge in [-0.15, -0.1) is 11.3 Å². The van der Waals surface area contributed by atoms with Crippen molar-refractivity contribution in [1.29, 1.82) is 0 Å². The second kappa shape index (κ2) is 5.52. The molecule has 1 N–H and O–H groups in total. The predicted molar refractivity (Wildman–Crippen MR) is 76.6 cm³/mol. The van der Waals surface area contributed by atoms with Gasteiger partial charge in [-0.25, -0.2) is 8.42 Å². The molecule has 0 bridgehead atoms. The molecule has 6 heteroatoms. The molecule has 2 rings (SSSR count). The largest absolute Gasteiger partial charge is 0.392 e. The Morgan fingerprint density at radius 2 is 2.11 bits per heavy atom. The molecule has 0 radical (unpaired) electrons. The van der Waals surface area contributed by atoms with Crippen LogP contribution >= 0.6 is 11.3 Å². The standard InChI is InChI=1S/C13H21NO3S2/c1-3-13(4-2)5-6-14(10-13)19(16,17)12-7-11(8-15)9-18-12/h7,9,15H,3-6,8,10H2,1-2H3. The van der Waals surface area contributed by atoms with Crippen molar-refractivity contribution in [3.63, 3.8) is 0 Å². The highest BCUT2D eigenvalue weighted by atomic mass is 32.2. The number of nitrogens with zero attached hydrogens (tertiary/aromatic N) is 1. The van der Waals surface area contributed by atoms with E-state index in [1.807, 2.05) is 0 Å². The van der Waals surface area contributed by atoms with Crippen LogP contribution in [0.3, 0.4) is 0 Å². The molecule has 1 saturated heterocycles. The number of hydrogen-bond acceptors (Lipinski definition) is 4. The summed E-state index contributed by atoms with van der Waals surface area (Å²) in [6.45, 7) is 5.38. The Morgan fingerprint density at radius 1 is 1.42 bits per heavy atom. The van der Waals surface area contributed by atoms with Crippen molar-refractivity contribution < 1.29 is 13.5 Å². The maximum Gasteiger partial charge on any atom is 0.252 e. The molecule has 0 unspecified atom stereocenters. The quantitative estimate of drug-likeness (QED) is 0.909. The predicted octanol–water partition coefficient (Wildman–Crippen LogP) is 2.44. The smallest absolute Gasteiger partial charge is 0.252 e. The van der Waals surface area contributed by atoms with Crippen LogP contribution in [0.5, 0.6) is 0 Å². The van der Waals surface area contributed by atoms with Crippen molar-refractivity contribution in [3.05, 3.63) is 17.0 Å². The first-order valence-electron chi connectivity index (χ1n) is 6.66. The number of hydrogen-bond donors (Lipinski definition) is 1. The summed E-state index contributed by atoms with van der Waals surface area (Å²) in [7, 11) is -3.38. The van der Waals surface area contributed by atoms with E-state index in [0.717, 1.165) is 19.3 Å². The number of aliphatic hydroxyl groups is 1. The lowest BCUT2D eigenvalue weighted by atomic mass is 9.82. The Hall–Kier alpha value is -0.430. The third-order valence-electron chi connectivity index (χ3n) is 4.31. The summed E-state index contributed by atoms with van der Waals surface area (Å²) < 4.78 is 27.0.